The molecule has 9 aromatic rings. The molecule has 0 amide bonds. The highest BCUT2D eigenvalue weighted by Crippen LogP contribution is 2.45. The van der Waals surface area contributed by atoms with Crippen LogP contribution in [0.3, 0.4) is 0 Å². The second-order valence-electron chi connectivity index (χ2n) is 12.0. The Bertz CT molecular complexity index is 2700. The van der Waals surface area contributed by atoms with Gasteiger partial charge in [0.1, 0.15) is 11.2 Å². The van der Waals surface area contributed by atoms with Crippen molar-refractivity contribution >= 4 is 71.1 Å². The molecule has 3 heterocycles. The van der Waals surface area contributed by atoms with Gasteiger partial charge >= 0.3 is 0 Å². The van der Waals surface area contributed by atoms with Gasteiger partial charge in [0.15, 0.2) is 0 Å². The van der Waals surface area contributed by atoms with E-state index in [1.54, 1.807) is 0 Å². The van der Waals surface area contributed by atoms with Crippen molar-refractivity contribution in [2.45, 2.75) is 12.8 Å². The van der Waals surface area contributed by atoms with Gasteiger partial charge in [-0.3, -0.25) is 0 Å². The molecule has 1 aliphatic rings. The lowest BCUT2D eigenvalue weighted by atomic mass is 9.95. The van der Waals surface area contributed by atoms with Crippen LogP contribution in [0.15, 0.2) is 150 Å². The first kappa shape index (κ1) is 24.6. The van der Waals surface area contributed by atoms with Gasteiger partial charge in [0.25, 0.3) is 0 Å². The van der Waals surface area contributed by atoms with E-state index in [1.807, 2.05) is 0 Å². The van der Waals surface area contributed by atoms with Crippen molar-refractivity contribution < 1.29 is 4.42 Å². The molecule has 1 aliphatic carbocycles. The molecule has 0 fully saturated rings. The summed E-state index contributed by atoms with van der Waals surface area (Å²) in [6.07, 6.45) is 8.71. The third-order valence-corrected chi connectivity index (χ3v) is 9.59. The maximum atomic E-state index is 6.74. The highest BCUT2D eigenvalue weighted by atomic mass is 16.3. The molecular weight excluding hydrogens is 548 g/mol. The SMILES string of the molecule is C1=CCCC(c2ccc(-n3c4ccccc4c4ccc5c6ccccc6n(-c6ccccc6)c5c43)c3c2oc2ccccc23)=C1. The number of allylic oxidation sites excluding steroid dienone is 4. The normalized spacial score (nSPS) is 13.6. The minimum Gasteiger partial charge on any atom is -0.455 e. The molecule has 6 aromatic carbocycles. The van der Waals surface area contributed by atoms with Crippen LogP contribution in [-0.2, 0) is 0 Å². The summed E-state index contributed by atoms with van der Waals surface area (Å²) in [5.41, 5.74) is 11.5. The van der Waals surface area contributed by atoms with Gasteiger partial charge in [-0.15, -0.1) is 0 Å². The molecule has 3 nitrogen and oxygen atoms in total. The summed E-state index contributed by atoms with van der Waals surface area (Å²) in [6.45, 7) is 0. The number of hydrogen-bond acceptors (Lipinski definition) is 1. The van der Waals surface area contributed by atoms with E-state index in [4.69, 9.17) is 4.42 Å². The summed E-state index contributed by atoms with van der Waals surface area (Å²) in [6, 6.07) is 46.0. The fourth-order valence-corrected chi connectivity index (χ4v) is 7.67. The molecule has 0 unspecified atom stereocenters. The lowest BCUT2D eigenvalue weighted by Gasteiger charge is -2.15. The molecule has 0 aliphatic heterocycles. The van der Waals surface area contributed by atoms with Crippen LogP contribution in [-0.4, -0.2) is 9.13 Å². The van der Waals surface area contributed by atoms with Gasteiger partial charge in [0, 0.05) is 38.2 Å². The Morgan fingerprint density at radius 1 is 0.533 bits per heavy atom. The van der Waals surface area contributed by atoms with E-state index in [0.717, 1.165) is 46.2 Å². The fourth-order valence-electron chi connectivity index (χ4n) is 7.67. The minimum atomic E-state index is 0.914. The zero-order valence-corrected chi connectivity index (χ0v) is 24.6. The second-order valence-corrected chi connectivity index (χ2v) is 12.0. The summed E-state index contributed by atoms with van der Waals surface area (Å²) < 4.78 is 11.7. The molecule has 0 radical (unpaired) electrons. The average Bonchev–Trinajstić information content (AvgIpc) is 3.77. The molecule has 3 heteroatoms. The molecule has 0 N–H and O–H groups in total. The maximum Gasteiger partial charge on any atom is 0.145 e. The smallest absolute Gasteiger partial charge is 0.145 e. The van der Waals surface area contributed by atoms with E-state index in [1.165, 1.54) is 54.7 Å². The zero-order chi connectivity index (χ0) is 29.5. The van der Waals surface area contributed by atoms with Gasteiger partial charge in [-0.05, 0) is 60.9 Å². The van der Waals surface area contributed by atoms with Crippen molar-refractivity contribution in [2.75, 3.05) is 0 Å². The molecule has 0 bridgehead atoms. The topological polar surface area (TPSA) is 23.0 Å². The number of rotatable bonds is 3. The van der Waals surface area contributed by atoms with Crippen molar-refractivity contribution in [3.63, 3.8) is 0 Å². The van der Waals surface area contributed by atoms with Crippen LogP contribution in [0.4, 0.5) is 0 Å². The van der Waals surface area contributed by atoms with Gasteiger partial charge < -0.3 is 13.6 Å². The molecule has 0 saturated heterocycles. The van der Waals surface area contributed by atoms with Crippen LogP contribution >= 0.6 is 0 Å². The van der Waals surface area contributed by atoms with E-state index in [9.17, 15) is 0 Å². The first-order valence-electron chi connectivity index (χ1n) is 15.7. The summed E-state index contributed by atoms with van der Waals surface area (Å²) in [7, 11) is 0. The number of fused-ring (bicyclic) bond motifs is 10. The number of hydrogen-bond donors (Lipinski definition) is 0. The Kier molecular flexibility index (Phi) is 5.11. The average molecular weight is 577 g/mol. The second kappa shape index (κ2) is 9.35. The lowest BCUT2D eigenvalue weighted by Crippen LogP contribution is -2.00. The minimum absolute atomic E-state index is 0.914. The summed E-state index contributed by atoms with van der Waals surface area (Å²) in [5.74, 6) is 0. The molecule has 0 saturated carbocycles. The maximum absolute atomic E-state index is 6.74. The van der Waals surface area contributed by atoms with E-state index in [2.05, 4.69) is 155 Å². The van der Waals surface area contributed by atoms with Crippen LogP contribution in [0, 0.1) is 0 Å². The van der Waals surface area contributed by atoms with Gasteiger partial charge in [0.2, 0.25) is 0 Å². The molecule has 45 heavy (non-hydrogen) atoms. The molecule has 0 atom stereocenters. The van der Waals surface area contributed by atoms with Crippen molar-refractivity contribution in [2.24, 2.45) is 0 Å². The Morgan fingerprint density at radius 2 is 1.18 bits per heavy atom. The number of furan rings is 1. The molecular formula is C42H28N2O. The first-order chi connectivity index (χ1) is 22.4. The predicted octanol–water partition coefficient (Wildman–Crippen LogP) is 11.5. The third kappa shape index (κ3) is 3.41. The summed E-state index contributed by atoms with van der Waals surface area (Å²) >= 11 is 0. The van der Waals surface area contributed by atoms with Gasteiger partial charge in [-0.2, -0.15) is 0 Å². The largest absolute Gasteiger partial charge is 0.455 e. The zero-order valence-electron chi connectivity index (χ0n) is 24.6. The highest BCUT2D eigenvalue weighted by Gasteiger charge is 2.24. The molecule has 3 aromatic heterocycles. The fraction of sp³-hybridized carbons (Fsp3) is 0.0476. The Balaban J connectivity index is 1.44. The van der Waals surface area contributed by atoms with Crippen LogP contribution in [0.1, 0.15) is 18.4 Å². The van der Waals surface area contributed by atoms with E-state index < -0.39 is 0 Å². The van der Waals surface area contributed by atoms with Crippen molar-refractivity contribution in [1.29, 1.82) is 0 Å². The van der Waals surface area contributed by atoms with Crippen molar-refractivity contribution in [3.05, 3.63) is 151 Å². The van der Waals surface area contributed by atoms with Gasteiger partial charge in [0.05, 0.1) is 33.1 Å². The Hall–Kier alpha value is -5.80. The van der Waals surface area contributed by atoms with Crippen molar-refractivity contribution in [1.82, 2.24) is 9.13 Å². The van der Waals surface area contributed by atoms with Gasteiger partial charge in [-0.1, -0.05) is 103 Å². The number of benzene rings is 6. The van der Waals surface area contributed by atoms with Crippen LogP contribution in [0.5, 0.6) is 0 Å². The molecule has 10 rings (SSSR count). The Labute approximate surface area is 259 Å². The third-order valence-electron chi connectivity index (χ3n) is 9.59. The Morgan fingerprint density at radius 3 is 1.91 bits per heavy atom. The van der Waals surface area contributed by atoms with E-state index in [0.29, 0.717) is 0 Å². The van der Waals surface area contributed by atoms with Gasteiger partial charge in [-0.25, -0.2) is 0 Å². The number of nitrogens with zero attached hydrogens (tertiary/aromatic N) is 2. The van der Waals surface area contributed by atoms with E-state index >= 15 is 0 Å². The lowest BCUT2D eigenvalue weighted by molar-refractivity contribution is 0.667. The standard InChI is InChI=1S/C42H28N2O/c1-3-13-27(14-4-1)29-25-26-37(39-34-19-9-12-22-38(34)45-42(29)39)44-36-21-11-8-18-31(36)33-24-23-32-30-17-7-10-20-35(30)43(40(32)41(33)44)28-15-5-2-6-16-28/h1-3,5-13,15-26H,4,14H2. The predicted molar refractivity (Wildman–Crippen MR) is 189 cm³/mol. The van der Waals surface area contributed by atoms with Crippen LogP contribution in [0.2, 0.25) is 0 Å². The number of para-hydroxylation sites is 4. The van der Waals surface area contributed by atoms with E-state index in [-0.39, 0.29) is 0 Å². The van der Waals surface area contributed by atoms with Crippen LogP contribution < -0.4 is 0 Å². The highest BCUT2D eigenvalue weighted by molar-refractivity contribution is 6.25. The summed E-state index contributed by atoms with van der Waals surface area (Å²) in [4.78, 5) is 0. The van der Waals surface area contributed by atoms with Crippen molar-refractivity contribution in [3.8, 4) is 11.4 Å². The molecule has 212 valence electrons. The number of aromatic nitrogens is 2. The van der Waals surface area contributed by atoms with Crippen LogP contribution in [0.25, 0.3) is 82.5 Å². The summed E-state index contributed by atoms with van der Waals surface area (Å²) in [5, 5.41) is 7.27. The first-order valence-corrected chi connectivity index (χ1v) is 15.7. The quantitative estimate of drug-likeness (QED) is 0.205. The molecule has 0 spiro atoms. The monoisotopic (exact) mass is 576 g/mol.